The smallest absolute Gasteiger partial charge is 0.408 e. The second kappa shape index (κ2) is 6.58. The van der Waals surface area contributed by atoms with Gasteiger partial charge in [0.25, 0.3) is 0 Å². The first-order valence-corrected chi connectivity index (χ1v) is 5.30. The zero-order chi connectivity index (χ0) is 13.6. The molecule has 3 atom stereocenters. The highest BCUT2D eigenvalue weighted by Gasteiger charge is 2.27. The normalized spacial score (nSPS) is 16.8. The number of amides is 1. The second-order valence-corrected chi connectivity index (χ2v) is 4.65. The van der Waals surface area contributed by atoms with Gasteiger partial charge in [0.15, 0.2) is 0 Å². The molecule has 6 nitrogen and oxygen atoms in total. The number of alkyl carbamates (subject to hydrolysis) is 1. The van der Waals surface area contributed by atoms with Gasteiger partial charge in [-0.05, 0) is 20.8 Å². The number of carbonyl (C=O) groups is 1. The van der Waals surface area contributed by atoms with Crippen molar-refractivity contribution in [3.05, 3.63) is 12.7 Å². The molecule has 0 aliphatic carbocycles. The van der Waals surface area contributed by atoms with Gasteiger partial charge in [-0.1, -0.05) is 6.08 Å². The highest BCUT2D eigenvalue weighted by atomic mass is 16.6. The lowest BCUT2D eigenvalue weighted by molar-refractivity contribution is -0.00167. The monoisotopic (exact) mass is 247 g/mol. The standard InChI is InChI=1S/C11H21NO5/c1-5-8(14)9(15)7(6-13)12-10(16)17-11(2,3)4/h5,7-9,13-15H,1,6H2,2-4H3,(H,12,16)/t7-,8-,9+/m1/s1. The van der Waals surface area contributed by atoms with Crippen LogP contribution in [0.5, 0.6) is 0 Å². The van der Waals surface area contributed by atoms with Gasteiger partial charge in [0.2, 0.25) is 0 Å². The van der Waals surface area contributed by atoms with E-state index in [0.717, 1.165) is 6.08 Å². The van der Waals surface area contributed by atoms with Gasteiger partial charge in [-0.3, -0.25) is 0 Å². The highest BCUT2D eigenvalue weighted by molar-refractivity contribution is 5.68. The summed E-state index contributed by atoms with van der Waals surface area (Å²) in [5.74, 6) is 0. The lowest BCUT2D eigenvalue weighted by Crippen LogP contribution is -2.51. The molecule has 0 bridgehead atoms. The van der Waals surface area contributed by atoms with Crippen LogP contribution in [0.4, 0.5) is 4.79 Å². The molecular weight excluding hydrogens is 226 g/mol. The van der Waals surface area contributed by atoms with E-state index in [1.807, 2.05) is 0 Å². The van der Waals surface area contributed by atoms with Gasteiger partial charge in [0.1, 0.15) is 11.7 Å². The maximum absolute atomic E-state index is 11.4. The quantitative estimate of drug-likeness (QED) is 0.503. The molecule has 0 saturated carbocycles. The minimum absolute atomic E-state index is 0.523. The van der Waals surface area contributed by atoms with E-state index in [9.17, 15) is 15.0 Å². The van der Waals surface area contributed by atoms with Crippen molar-refractivity contribution >= 4 is 6.09 Å². The molecule has 0 radical (unpaired) electrons. The fourth-order valence-electron chi connectivity index (χ4n) is 1.08. The van der Waals surface area contributed by atoms with E-state index in [1.54, 1.807) is 20.8 Å². The van der Waals surface area contributed by atoms with Crippen molar-refractivity contribution in [1.82, 2.24) is 5.32 Å². The number of aliphatic hydroxyl groups is 3. The molecule has 0 fully saturated rings. The number of ether oxygens (including phenoxy) is 1. The molecule has 0 unspecified atom stereocenters. The summed E-state index contributed by atoms with van der Waals surface area (Å²) in [6.45, 7) is 7.85. The minimum atomic E-state index is -1.34. The van der Waals surface area contributed by atoms with Crippen molar-refractivity contribution in [2.24, 2.45) is 0 Å². The molecule has 0 heterocycles. The number of aliphatic hydroxyl groups excluding tert-OH is 3. The topological polar surface area (TPSA) is 99.0 Å². The molecule has 100 valence electrons. The first-order chi connectivity index (χ1) is 7.71. The Morgan fingerprint density at radius 3 is 2.35 bits per heavy atom. The predicted molar refractivity (Wildman–Crippen MR) is 62.5 cm³/mol. The van der Waals surface area contributed by atoms with Crippen molar-refractivity contribution in [3.8, 4) is 0 Å². The molecule has 0 aromatic rings. The molecule has 1 amide bonds. The SMILES string of the molecule is C=C[C@@H](O)[C@@H](O)[C@@H](CO)NC(=O)OC(C)(C)C. The predicted octanol–water partition coefficient (Wildman–Crippen LogP) is -0.220. The first kappa shape index (κ1) is 15.9. The van der Waals surface area contributed by atoms with E-state index in [4.69, 9.17) is 9.84 Å². The van der Waals surface area contributed by atoms with Crippen LogP contribution in [0, 0.1) is 0 Å². The number of hydrogen-bond acceptors (Lipinski definition) is 5. The number of carbonyl (C=O) groups excluding carboxylic acids is 1. The second-order valence-electron chi connectivity index (χ2n) is 4.65. The van der Waals surface area contributed by atoms with E-state index >= 15 is 0 Å². The maximum atomic E-state index is 11.4. The Hall–Kier alpha value is -1.11. The maximum Gasteiger partial charge on any atom is 0.408 e. The van der Waals surface area contributed by atoms with Crippen molar-refractivity contribution < 1.29 is 24.9 Å². The van der Waals surface area contributed by atoms with Crippen LogP contribution in [0.3, 0.4) is 0 Å². The van der Waals surface area contributed by atoms with Gasteiger partial charge in [-0.2, -0.15) is 0 Å². The van der Waals surface area contributed by atoms with Crippen molar-refractivity contribution in [3.63, 3.8) is 0 Å². The summed E-state index contributed by atoms with van der Waals surface area (Å²) in [7, 11) is 0. The Labute approximate surface area is 101 Å². The molecule has 0 aromatic heterocycles. The largest absolute Gasteiger partial charge is 0.444 e. The van der Waals surface area contributed by atoms with E-state index in [-0.39, 0.29) is 0 Å². The zero-order valence-corrected chi connectivity index (χ0v) is 10.4. The molecule has 4 N–H and O–H groups in total. The summed E-state index contributed by atoms with van der Waals surface area (Å²) in [6, 6.07) is -1.02. The summed E-state index contributed by atoms with van der Waals surface area (Å²) >= 11 is 0. The van der Waals surface area contributed by atoms with Gasteiger partial charge >= 0.3 is 6.09 Å². The average Bonchev–Trinajstić information content (AvgIpc) is 2.21. The highest BCUT2D eigenvalue weighted by Crippen LogP contribution is 2.08. The van der Waals surface area contributed by atoms with Crippen molar-refractivity contribution in [2.45, 2.75) is 44.6 Å². The summed E-state index contributed by atoms with van der Waals surface area (Å²) < 4.78 is 4.95. The fourth-order valence-corrected chi connectivity index (χ4v) is 1.08. The summed E-state index contributed by atoms with van der Waals surface area (Å²) in [5.41, 5.74) is -0.675. The Balaban J connectivity index is 4.40. The average molecular weight is 247 g/mol. The fraction of sp³-hybridized carbons (Fsp3) is 0.727. The summed E-state index contributed by atoms with van der Waals surface area (Å²) in [5, 5.41) is 30.2. The molecule has 0 aromatic carbocycles. The lowest BCUT2D eigenvalue weighted by atomic mass is 10.1. The molecule has 0 aliphatic heterocycles. The Kier molecular flexibility index (Phi) is 6.15. The lowest BCUT2D eigenvalue weighted by Gasteiger charge is -2.26. The van der Waals surface area contributed by atoms with E-state index < -0.39 is 36.6 Å². The Morgan fingerprint density at radius 1 is 1.47 bits per heavy atom. The van der Waals surface area contributed by atoms with Crippen LogP contribution in [0.15, 0.2) is 12.7 Å². The third-order valence-electron chi connectivity index (χ3n) is 1.90. The van der Waals surface area contributed by atoms with Crippen LogP contribution < -0.4 is 5.32 Å². The first-order valence-electron chi connectivity index (χ1n) is 5.30. The molecule has 0 spiro atoms. The zero-order valence-electron chi connectivity index (χ0n) is 10.4. The van der Waals surface area contributed by atoms with Gasteiger partial charge in [0.05, 0.1) is 18.8 Å². The van der Waals surface area contributed by atoms with E-state index in [2.05, 4.69) is 11.9 Å². The van der Waals surface area contributed by atoms with E-state index in [1.165, 1.54) is 0 Å². The molecule has 17 heavy (non-hydrogen) atoms. The van der Waals surface area contributed by atoms with Gasteiger partial charge in [0, 0.05) is 0 Å². The number of rotatable bonds is 5. The van der Waals surface area contributed by atoms with Crippen LogP contribution in [0.2, 0.25) is 0 Å². The molecule has 6 heteroatoms. The Morgan fingerprint density at radius 2 is 2.00 bits per heavy atom. The van der Waals surface area contributed by atoms with Gasteiger partial charge < -0.3 is 25.4 Å². The van der Waals surface area contributed by atoms with Crippen LogP contribution in [0.25, 0.3) is 0 Å². The van der Waals surface area contributed by atoms with E-state index in [0.29, 0.717) is 0 Å². The van der Waals surface area contributed by atoms with Gasteiger partial charge in [-0.15, -0.1) is 6.58 Å². The molecule has 0 aliphatic rings. The van der Waals surface area contributed by atoms with Crippen molar-refractivity contribution in [2.75, 3.05) is 6.61 Å². The molecular formula is C11H21NO5. The van der Waals surface area contributed by atoms with Crippen LogP contribution in [-0.2, 0) is 4.74 Å². The summed E-state index contributed by atoms with van der Waals surface area (Å²) in [4.78, 5) is 11.4. The third kappa shape index (κ3) is 6.25. The Bertz CT molecular complexity index is 261. The van der Waals surface area contributed by atoms with Crippen molar-refractivity contribution in [1.29, 1.82) is 0 Å². The van der Waals surface area contributed by atoms with Crippen LogP contribution in [-0.4, -0.2) is 51.9 Å². The van der Waals surface area contributed by atoms with Gasteiger partial charge in [-0.25, -0.2) is 4.79 Å². The number of nitrogens with one attached hydrogen (secondary N) is 1. The molecule has 0 rings (SSSR count). The number of hydrogen-bond donors (Lipinski definition) is 4. The van der Waals surface area contributed by atoms with Crippen LogP contribution >= 0.6 is 0 Å². The third-order valence-corrected chi connectivity index (χ3v) is 1.90. The van der Waals surface area contributed by atoms with Crippen LogP contribution in [0.1, 0.15) is 20.8 Å². The molecule has 0 saturated heterocycles. The minimum Gasteiger partial charge on any atom is -0.444 e. The summed E-state index contributed by atoms with van der Waals surface area (Å²) in [6.07, 6.45) is -2.23.